The minimum absolute atomic E-state index is 0.176. The van der Waals surface area contributed by atoms with Gasteiger partial charge in [0.05, 0.1) is 55.8 Å². The molecule has 1 fully saturated rings. The predicted molar refractivity (Wildman–Crippen MR) is 100 cm³/mol. The zero-order valence-corrected chi connectivity index (χ0v) is 15.4. The largest absolute Gasteiger partial charge is 0.494 e. The second-order valence-electron chi connectivity index (χ2n) is 7.26. The van der Waals surface area contributed by atoms with Crippen LogP contribution in [0.2, 0.25) is 0 Å². The molecule has 0 radical (unpaired) electrons. The maximum Gasteiger partial charge on any atom is 0.201 e. The molecule has 1 saturated heterocycles. The smallest absolute Gasteiger partial charge is 0.201 e. The van der Waals surface area contributed by atoms with Gasteiger partial charge in [0, 0.05) is 19.1 Å². The molecule has 2 aliphatic rings. The topological polar surface area (TPSA) is 65.2 Å². The molecule has 140 valence electrons. The number of hydrogen-bond donors (Lipinski definition) is 1. The number of aliphatic imine (C=N–C) groups is 1. The first-order valence-corrected chi connectivity index (χ1v) is 9.23. The number of benzene rings is 1. The third-order valence-corrected chi connectivity index (χ3v) is 5.13. The standard InChI is InChI=1S/C20H26N2O4/c1-13(9-24-2)7-14-3-4-18-16(8-14)19(17-12-25-6-5-21-17)20(23)22(18)15-10-26-11-15/h3-4,8,13,15,23H,5-7,9-12H2,1-2H3. The molecule has 1 aromatic carbocycles. The van der Waals surface area contributed by atoms with Gasteiger partial charge in [-0.3, -0.25) is 4.99 Å². The molecule has 0 spiro atoms. The Kier molecular flexibility index (Phi) is 4.98. The zero-order chi connectivity index (χ0) is 18.1. The summed E-state index contributed by atoms with van der Waals surface area (Å²) in [6.07, 6.45) is 0.935. The Morgan fingerprint density at radius 3 is 2.85 bits per heavy atom. The van der Waals surface area contributed by atoms with E-state index < -0.39 is 0 Å². The van der Waals surface area contributed by atoms with Crippen LogP contribution in [0.15, 0.2) is 23.2 Å². The normalized spacial score (nSPS) is 19.4. The molecular formula is C20H26N2O4. The SMILES string of the molecule is COCC(C)Cc1ccc2c(c1)c(C1=NCCOC1)c(O)n2C1COC1. The van der Waals surface area contributed by atoms with Gasteiger partial charge in [0.2, 0.25) is 5.88 Å². The Morgan fingerprint density at radius 1 is 1.35 bits per heavy atom. The third kappa shape index (κ3) is 3.13. The maximum atomic E-state index is 11.0. The van der Waals surface area contributed by atoms with Gasteiger partial charge in [0.1, 0.15) is 0 Å². The molecule has 1 aromatic heterocycles. The van der Waals surface area contributed by atoms with E-state index in [1.54, 1.807) is 7.11 Å². The highest BCUT2D eigenvalue weighted by molar-refractivity contribution is 6.14. The second kappa shape index (κ2) is 7.39. The van der Waals surface area contributed by atoms with Crippen LogP contribution < -0.4 is 0 Å². The molecule has 0 saturated carbocycles. The molecular weight excluding hydrogens is 332 g/mol. The van der Waals surface area contributed by atoms with Crippen molar-refractivity contribution in [3.8, 4) is 5.88 Å². The van der Waals surface area contributed by atoms with E-state index in [4.69, 9.17) is 14.2 Å². The Morgan fingerprint density at radius 2 is 2.19 bits per heavy atom. The van der Waals surface area contributed by atoms with Gasteiger partial charge in [-0.25, -0.2) is 0 Å². The van der Waals surface area contributed by atoms with E-state index >= 15 is 0 Å². The molecule has 0 bridgehead atoms. The summed E-state index contributed by atoms with van der Waals surface area (Å²) in [5.41, 5.74) is 3.91. The average Bonchev–Trinajstić information content (AvgIpc) is 2.86. The van der Waals surface area contributed by atoms with Crippen molar-refractivity contribution < 1.29 is 19.3 Å². The van der Waals surface area contributed by atoms with E-state index in [2.05, 4.69) is 30.1 Å². The van der Waals surface area contributed by atoms with Crippen molar-refractivity contribution in [3.05, 3.63) is 29.3 Å². The van der Waals surface area contributed by atoms with Crippen LogP contribution in [0, 0.1) is 5.92 Å². The number of rotatable bonds is 6. The van der Waals surface area contributed by atoms with Crippen LogP contribution in [0.5, 0.6) is 5.88 Å². The molecule has 1 N–H and O–H groups in total. The Labute approximate surface area is 153 Å². The van der Waals surface area contributed by atoms with Gasteiger partial charge in [0.15, 0.2) is 0 Å². The van der Waals surface area contributed by atoms with Gasteiger partial charge in [0.25, 0.3) is 0 Å². The fourth-order valence-corrected chi connectivity index (χ4v) is 3.86. The fourth-order valence-electron chi connectivity index (χ4n) is 3.86. The van der Waals surface area contributed by atoms with Crippen LogP contribution in [0.3, 0.4) is 0 Å². The highest BCUT2D eigenvalue weighted by Gasteiger charge is 2.29. The number of aromatic hydroxyl groups is 1. The second-order valence-corrected chi connectivity index (χ2v) is 7.26. The lowest BCUT2D eigenvalue weighted by molar-refractivity contribution is -0.0238. The molecule has 26 heavy (non-hydrogen) atoms. The summed E-state index contributed by atoms with van der Waals surface area (Å²) in [6.45, 7) is 5.90. The summed E-state index contributed by atoms with van der Waals surface area (Å²) < 4.78 is 18.2. The Hall–Kier alpha value is -1.89. The Balaban J connectivity index is 1.80. The lowest BCUT2D eigenvalue weighted by Crippen LogP contribution is -2.30. The van der Waals surface area contributed by atoms with E-state index in [0.717, 1.165) is 35.2 Å². The summed E-state index contributed by atoms with van der Waals surface area (Å²) in [4.78, 5) is 4.61. The minimum Gasteiger partial charge on any atom is -0.494 e. The van der Waals surface area contributed by atoms with Crippen molar-refractivity contribution in [1.82, 2.24) is 4.57 Å². The minimum atomic E-state index is 0.176. The van der Waals surface area contributed by atoms with Crippen molar-refractivity contribution in [2.45, 2.75) is 19.4 Å². The fraction of sp³-hybridized carbons (Fsp3) is 0.550. The highest BCUT2D eigenvalue weighted by atomic mass is 16.5. The number of ether oxygens (including phenoxy) is 3. The van der Waals surface area contributed by atoms with E-state index in [9.17, 15) is 5.11 Å². The third-order valence-electron chi connectivity index (χ3n) is 5.13. The lowest BCUT2D eigenvalue weighted by atomic mass is 9.99. The van der Waals surface area contributed by atoms with E-state index in [-0.39, 0.29) is 11.9 Å². The summed E-state index contributed by atoms with van der Waals surface area (Å²) in [7, 11) is 1.73. The van der Waals surface area contributed by atoms with Gasteiger partial charge in [-0.2, -0.15) is 0 Å². The van der Waals surface area contributed by atoms with Crippen LogP contribution in [0.4, 0.5) is 0 Å². The van der Waals surface area contributed by atoms with Gasteiger partial charge < -0.3 is 23.9 Å². The van der Waals surface area contributed by atoms with Crippen molar-refractivity contribution in [2.75, 3.05) is 46.7 Å². The number of methoxy groups -OCH3 is 1. The summed E-state index contributed by atoms with van der Waals surface area (Å²) in [5, 5.41) is 12.1. The van der Waals surface area contributed by atoms with E-state index in [1.807, 2.05) is 4.57 Å². The number of fused-ring (bicyclic) bond motifs is 1. The summed E-state index contributed by atoms with van der Waals surface area (Å²) >= 11 is 0. The molecule has 6 heteroatoms. The summed E-state index contributed by atoms with van der Waals surface area (Å²) in [6, 6.07) is 6.61. The van der Waals surface area contributed by atoms with Crippen molar-refractivity contribution >= 4 is 16.6 Å². The van der Waals surface area contributed by atoms with Crippen LogP contribution in [0.1, 0.15) is 24.1 Å². The van der Waals surface area contributed by atoms with Crippen LogP contribution in [0.25, 0.3) is 10.9 Å². The first kappa shape index (κ1) is 17.5. The van der Waals surface area contributed by atoms with Gasteiger partial charge in [-0.1, -0.05) is 13.0 Å². The summed E-state index contributed by atoms with van der Waals surface area (Å²) in [5.74, 6) is 0.714. The molecule has 2 aliphatic heterocycles. The molecule has 3 heterocycles. The van der Waals surface area contributed by atoms with Crippen LogP contribution in [-0.4, -0.2) is 62.1 Å². The molecule has 1 unspecified atom stereocenters. The van der Waals surface area contributed by atoms with Crippen LogP contribution >= 0.6 is 0 Å². The van der Waals surface area contributed by atoms with Crippen molar-refractivity contribution in [3.63, 3.8) is 0 Å². The first-order valence-electron chi connectivity index (χ1n) is 9.23. The molecule has 1 atom stereocenters. The van der Waals surface area contributed by atoms with Gasteiger partial charge in [-0.05, 0) is 30.0 Å². The quantitative estimate of drug-likeness (QED) is 0.862. The van der Waals surface area contributed by atoms with Crippen molar-refractivity contribution in [1.29, 1.82) is 0 Å². The molecule has 0 amide bonds. The monoisotopic (exact) mass is 358 g/mol. The van der Waals surface area contributed by atoms with Crippen LogP contribution in [-0.2, 0) is 20.6 Å². The number of aromatic nitrogens is 1. The van der Waals surface area contributed by atoms with E-state index in [1.165, 1.54) is 5.56 Å². The highest BCUT2D eigenvalue weighted by Crippen LogP contribution is 2.38. The molecule has 6 nitrogen and oxygen atoms in total. The molecule has 4 rings (SSSR count). The average molecular weight is 358 g/mol. The van der Waals surface area contributed by atoms with Crippen molar-refractivity contribution in [2.24, 2.45) is 10.9 Å². The lowest BCUT2D eigenvalue weighted by Gasteiger charge is -2.28. The zero-order valence-electron chi connectivity index (χ0n) is 15.4. The number of hydrogen-bond acceptors (Lipinski definition) is 5. The Bertz CT molecular complexity index is 823. The molecule has 2 aromatic rings. The number of nitrogens with zero attached hydrogens (tertiary/aromatic N) is 2. The predicted octanol–water partition coefficient (Wildman–Crippen LogP) is 2.56. The van der Waals surface area contributed by atoms with Gasteiger partial charge >= 0.3 is 0 Å². The van der Waals surface area contributed by atoms with Gasteiger partial charge in [-0.15, -0.1) is 0 Å². The van der Waals surface area contributed by atoms with E-state index in [0.29, 0.717) is 38.9 Å². The first-order chi connectivity index (χ1) is 12.7. The molecule has 0 aliphatic carbocycles. The maximum absolute atomic E-state index is 11.0.